The van der Waals surface area contributed by atoms with E-state index in [1.807, 2.05) is 52.2 Å². The molecule has 0 bridgehead atoms. The molecule has 0 spiro atoms. The van der Waals surface area contributed by atoms with Crippen LogP contribution in [0.25, 0.3) is 33.3 Å². The summed E-state index contributed by atoms with van der Waals surface area (Å²) in [6, 6.07) is 15.7. The summed E-state index contributed by atoms with van der Waals surface area (Å²) in [5.74, 6) is 1.04. The molecule has 2 aromatic carbocycles. The molecule has 0 saturated carbocycles. The van der Waals surface area contributed by atoms with Gasteiger partial charge in [0.1, 0.15) is 11.5 Å². The lowest BCUT2D eigenvalue weighted by Crippen LogP contribution is -2.05. The van der Waals surface area contributed by atoms with Crippen LogP contribution in [0.5, 0.6) is 5.75 Å². The monoisotopic (exact) mass is 379 g/mol. The van der Waals surface area contributed by atoms with Crippen LogP contribution in [0.3, 0.4) is 0 Å². The molecule has 0 atom stereocenters. The molecule has 138 valence electrons. The Bertz CT molecular complexity index is 1090. The van der Waals surface area contributed by atoms with Gasteiger partial charge in [-0.15, -0.1) is 0 Å². The molecule has 0 saturated heterocycles. The SMILES string of the molecule is Cc1noc(C)c1-c1c(-c2ccc(O)cc2)c2ccccc2n1SN(C)C. The third kappa shape index (κ3) is 3.01. The third-order valence-electron chi connectivity index (χ3n) is 4.50. The second-order valence-corrected chi connectivity index (χ2v) is 7.93. The summed E-state index contributed by atoms with van der Waals surface area (Å²) in [6.07, 6.45) is 0. The van der Waals surface area contributed by atoms with Crippen LogP contribution in [0, 0.1) is 13.8 Å². The van der Waals surface area contributed by atoms with Gasteiger partial charge >= 0.3 is 0 Å². The highest BCUT2D eigenvalue weighted by Gasteiger charge is 2.25. The van der Waals surface area contributed by atoms with Gasteiger partial charge in [0.2, 0.25) is 0 Å². The molecule has 27 heavy (non-hydrogen) atoms. The average Bonchev–Trinajstić information content (AvgIpc) is 3.13. The second-order valence-electron chi connectivity index (χ2n) is 6.68. The molecule has 2 heterocycles. The molecule has 0 amide bonds. The zero-order valence-corrected chi connectivity index (χ0v) is 16.5. The summed E-state index contributed by atoms with van der Waals surface area (Å²) in [6.45, 7) is 3.91. The van der Waals surface area contributed by atoms with Gasteiger partial charge in [-0.3, -0.25) is 3.97 Å². The molecule has 4 aromatic rings. The first-order valence-electron chi connectivity index (χ1n) is 8.69. The van der Waals surface area contributed by atoms with E-state index in [1.165, 1.54) is 0 Å². The van der Waals surface area contributed by atoms with Crippen LogP contribution in [0.2, 0.25) is 0 Å². The van der Waals surface area contributed by atoms with E-state index in [-0.39, 0.29) is 5.75 Å². The van der Waals surface area contributed by atoms with Gasteiger partial charge < -0.3 is 9.63 Å². The van der Waals surface area contributed by atoms with Crippen molar-refractivity contribution in [2.24, 2.45) is 0 Å². The van der Waals surface area contributed by atoms with Crippen molar-refractivity contribution in [3.63, 3.8) is 0 Å². The molecular weight excluding hydrogens is 358 g/mol. The largest absolute Gasteiger partial charge is 0.508 e. The number of nitrogens with zero attached hydrogens (tertiary/aromatic N) is 3. The molecule has 0 unspecified atom stereocenters. The van der Waals surface area contributed by atoms with Crippen LogP contribution in [0.15, 0.2) is 53.1 Å². The fourth-order valence-corrected chi connectivity index (χ4v) is 4.27. The van der Waals surface area contributed by atoms with Crippen molar-refractivity contribution >= 4 is 23.0 Å². The van der Waals surface area contributed by atoms with Gasteiger partial charge in [-0.1, -0.05) is 35.5 Å². The van der Waals surface area contributed by atoms with Crippen molar-refractivity contribution in [1.82, 2.24) is 13.4 Å². The maximum absolute atomic E-state index is 9.74. The Hall–Kier alpha value is -2.70. The fourth-order valence-electron chi connectivity index (χ4n) is 3.43. The summed E-state index contributed by atoms with van der Waals surface area (Å²) >= 11 is 1.62. The summed E-state index contributed by atoms with van der Waals surface area (Å²) in [4.78, 5) is 0. The van der Waals surface area contributed by atoms with Crippen LogP contribution < -0.4 is 0 Å². The van der Waals surface area contributed by atoms with Crippen molar-refractivity contribution in [3.8, 4) is 28.1 Å². The van der Waals surface area contributed by atoms with Gasteiger partial charge in [0, 0.05) is 23.1 Å². The minimum absolute atomic E-state index is 0.254. The third-order valence-corrected chi connectivity index (χ3v) is 5.37. The maximum Gasteiger partial charge on any atom is 0.143 e. The van der Waals surface area contributed by atoms with E-state index in [4.69, 9.17) is 4.52 Å². The van der Waals surface area contributed by atoms with Gasteiger partial charge in [-0.25, -0.2) is 4.31 Å². The van der Waals surface area contributed by atoms with Crippen LogP contribution >= 0.6 is 12.1 Å². The van der Waals surface area contributed by atoms with E-state index >= 15 is 0 Å². The van der Waals surface area contributed by atoms with Crippen molar-refractivity contribution in [2.45, 2.75) is 13.8 Å². The summed E-state index contributed by atoms with van der Waals surface area (Å²) in [7, 11) is 4.05. The molecule has 0 fully saturated rings. The smallest absolute Gasteiger partial charge is 0.143 e. The zero-order chi connectivity index (χ0) is 19.1. The number of aromatic hydroxyl groups is 1. The van der Waals surface area contributed by atoms with E-state index < -0.39 is 0 Å². The normalized spacial score (nSPS) is 11.6. The maximum atomic E-state index is 9.74. The number of phenolic OH excluding ortho intramolecular Hbond substituents is 1. The lowest BCUT2D eigenvalue weighted by Gasteiger charge is -2.15. The predicted octanol–water partition coefficient (Wildman–Crippen LogP) is 5.26. The zero-order valence-electron chi connectivity index (χ0n) is 15.7. The molecule has 0 aliphatic carbocycles. The Kier molecular flexibility index (Phi) is 4.45. The number of hydrogen-bond acceptors (Lipinski definition) is 5. The van der Waals surface area contributed by atoms with Crippen molar-refractivity contribution in [3.05, 3.63) is 60.0 Å². The Balaban J connectivity index is 2.15. The Labute approximate surface area is 162 Å². The average molecular weight is 379 g/mol. The number of aromatic nitrogens is 2. The van der Waals surface area contributed by atoms with Crippen LogP contribution in [-0.2, 0) is 0 Å². The first-order valence-corrected chi connectivity index (χ1v) is 9.42. The highest BCUT2D eigenvalue weighted by molar-refractivity contribution is 7.95. The van der Waals surface area contributed by atoms with Gasteiger partial charge in [0.05, 0.1) is 22.5 Å². The number of para-hydroxylation sites is 1. The number of aryl methyl sites for hydroxylation is 2. The topological polar surface area (TPSA) is 54.4 Å². The molecule has 4 rings (SSSR count). The summed E-state index contributed by atoms with van der Waals surface area (Å²) in [5, 5.41) is 15.1. The Morgan fingerprint density at radius 3 is 2.33 bits per heavy atom. The highest BCUT2D eigenvalue weighted by atomic mass is 32.2. The number of rotatable bonds is 4. The molecule has 0 radical (unpaired) electrons. The van der Waals surface area contributed by atoms with E-state index in [0.717, 1.165) is 44.7 Å². The van der Waals surface area contributed by atoms with E-state index in [9.17, 15) is 5.11 Å². The van der Waals surface area contributed by atoms with Crippen LogP contribution in [0.1, 0.15) is 11.5 Å². The first kappa shape index (κ1) is 17.7. The van der Waals surface area contributed by atoms with E-state index in [1.54, 1.807) is 24.3 Å². The lowest BCUT2D eigenvalue weighted by atomic mass is 9.97. The van der Waals surface area contributed by atoms with Crippen LogP contribution in [0.4, 0.5) is 0 Å². The molecule has 5 nitrogen and oxygen atoms in total. The van der Waals surface area contributed by atoms with Crippen molar-refractivity contribution in [1.29, 1.82) is 0 Å². The van der Waals surface area contributed by atoms with Gasteiger partial charge in [0.15, 0.2) is 0 Å². The first-order chi connectivity index (χ1) is 13.0. The van der Waals surface area contributed by atoms with E-state index in [2.05, 4.69) is 25.6 Å². The molecule has 0 aliphatic heterocycles. The quantitative estimate of drug-likeness (QED) is 0.490. The Morgan fingerprint density at radius 1 is 1.00 bits per heavy atom. The molecule has 1 N–H and O–H groups in total. The number of hydrogen-bond donors (Lipinski definition) is 1. The summed E-state index contributed by atoms with van der Waals surface area (Å²) < 4.78 is 9.78. The minimum atomic E-state index is 0.254. The molecule has 2 aromatic heterocycles. The number of fused-ring (bicyclic) bond motifs is 1. The molecular formula is C21H21N3O2S. The standard InChI is InChI=1S/C21H21N3O2S/c1-13-19(14(2)26-22-13)21-20(15-9-11-16(25)12-10-15)17-7-5-6-8-18(17)24(21)27-23(3)4/h5-12,25H,1-4H3. The fraction of sp³-hybridized carbons (Fsp3) is 0.190. The number of benzene rings is 2. The molecule has 0 aliphatic rings. The lowest BCUT2D eigenvalue weighted by molar-refractivity contribution is 0.393. The Morgan fingerprint density at radius 2 is 1.70 bits per heavy atom. The van der Waals surface area contributed by atoms with Gasteiger partial charge in [0.25, 0.3) is 0 Å². The van der Waals surface area contributed by atoms with Gasteiger partial charge in [-0.05, 0) is 51.7 Å². The number of phenols is 1. The molecule has 6 heteroatoms. The van der Waals surface area contributed by atoms with Crippen molar-refractivity contribution < 1.29 is 9.63 Å². The predicted molar refractivity (Wildman–Crippen MR) is 111 cm³/mol. The van der Waals surface area contributed by atoms with E-state index in [0.29, 0.717) is 0 Å². The minimum Gasteiger partial charge on any atom is -0.508 e. The van der Waals surface area contributed by atoms with Crippen molar-refractivity contribution in [2.75, 3.05) is 14.1 Å². The highest BCUT2D eigenvalue weighted by Crippen LogP contribution is 2.45. The summed E-state index contributed by atoms with van der Waals surface area (Å²) in [5.41, 5.74) is 6.18. The second kappa shape index (κ2) is 6.79. The van der Waals surface area contributed by atoms with Gasteiger partial charge in [-0.2, -0.15) is 0 Å². The van der Waals surface area contributed by atoms with Crippen LogP contribution in [-0.4, -0.2) is 32.6 Å².